The van der Waals surface area contributed by atoms with Crippen LogP contribution in [-0.2, 0) is 4.74 Å². The predicted octanol–water partition coefficient (Wildman–Crippen LogP) is 1.32. The van der Waals surface area contributed by atoms with Crippen LogP contribution < -0.4 is 0 Å². The van der Waals surface area contributed by atoms with Crippen molar-refractivity contribution in [1.29, 1.82) is 0 Å². The van der Waals surface area contributed by atoms with Crippen molar-refractivity contribution in [3.05, 3.63) is 0 Å². The predicted molar refractivity (Wildman–Crippen MR) is 67.8 cm³/mol. The molecule has 0 aromatic heterocycles. The average Bonchev–Trinajstić information content (AvgIpc) is 2.38. The van der Waals surface area contributed by atoms with Gasteiger partial charge in [-0.15, -0.1) is 0 Å². The molecule has 0 aliphatic heterocycles. The molecule has 0 amide bonds. The summed E-state index contributed by atoms with van der Waals surface area (Å²) in [5.41, 5.74) is -1.68. The van der Waals surface area contributed by atoms with Crippen molar-refractivity contribution in [3.8, 4) is 0 Å². The van der Waals surface area contributed by atoms with Crippen LogP contribution >= 0.6 is 0 Å². The molecule has 17 heavy (non-hydrogen) atoms. The molecule has 0 aliphatic carbocycles. The summed E-state index contributed by atoms with van der Waals surface area (Å²) < 4.78 is 5.82. The molecule has 4 nitrogen and oxygen atoms in total. The smallest absolute Gasteiger partial charge is 0.0802 e. The molecule has 0 aliphatic rings. The van der Waals surface area contributed by atoms with E-state index in [-0.39, 0.29) is 13.2 Å². The Morgan fingerprint density at radius 3 is 1.71 bits per heavy atom. The maximum Gasteiger partial charge on any atom is 0.0802 e. The lowest BCUT2D eigenvalue weighted by Crippen LogP contribution is -2.60. The number of hydrogen-bond donors (Lipinski definition) is 3. The molecule has 0 heterocycles. The number of aliphatic hydroxyl groups excluding tert-OH is 3. The summed E-state index contributed by atoms with van der Waals surface area (Å²) in [7, 11) is 0. The largest absolute Gasteiger partial charge is 0.395 e. The first-order chi connectivity index (χ1) is 8.03. The van der Waals surface area contributed by atoms with Crippen molar-refractivity contribution in [3.63, 3.8) is 0 Å². The van der Waals surface area contributed by atoms with E-state index in [1.165, 1.54) is 0 Å². The second-order valence-electron chi connectivity index (χ2n) is 4.53. The number of rotatable bonds is 9. The van der Waals surface area contributed by atoms with E-state index < -0.39 is 17.1 Å². The quantitative estimate of drug-likeness (QED) is 0.575. The third-order valence-corrected chi connectivity index (χ3v) is 4.06. The zero-order valence-electron chi connectivity index (χ0n) is 11.6. The van der Waals surface area contributed by atoms with E-state index in [2.05, 4.69) is 0 Å². The highest BCUT2D eigenvalue weighted by Crippen LogP contribution is 2.43. The highest BCUT2D eigenvalue weighted by molar-refractivity contribution is 5.02. The SMILES string of the molecule is CCOC(CC)(CC)C(CO)(CO)C(O)CC. The van der Waals surface area contributed by atoms with Crippen LogP contribution in [-0.4, -0.2) is 46.8 Å². The van der Waals surface area contributed by atoms with Crippen LogP contribution in [0.4, 0.5) is 0 Å². The Labute approximate surface area is 105 Å². The van der Waals surface area contributed by atoms with Crippen molar-refractivity contribution in [1.82, 2.24) is 0 Å². The number of aliphatic hydroxyl groups is 3. The minimum Gasteiger partial charge on any atom is -0.395 e. The first-order valence-electron chi connectivity index (χ1n) is 6.57. The third kappa shape index (κ3) is 2.81. The van der Waals surface area contributed by atoms with Crippen molar-refractivity contribution >= 4 is 0 Å². The molecule has 1 atom stereocenters. The molecule has 104 valence electrons. The van der Waals surface area contributed by atoms with Crippen LogP contribution in [0, 0.1) is 5.41 Å². The van der Waals surface area contributed by atoms with Crippen molar-refractivity contribution in [2.45, 2.75) is 58.7 Å². The van der Waals surface area contributed by atoms with E-state index in [0.29, 0.717) is 25.9 Å². The van der Waals surface area contributed by atoms with Gasteiger partial charge in [-0.25, -0.2) is 0 Å². The van der Waals surface area contributed by atoms with Crippen LogP contribution in [0.1, 0.15) is 47.0 Å². The lowest BCUT2D eigenvalue weighted by molar-refractivity contribution is -0.211. The maximum absolute atomic E-state index is 10.2. The highest BCUT2D eigenvalue weighted by Gasteiger charge is 2.53. The van der Waals surface area contributed by atoms with Gasteiger partial charge in [0.2, 0.25) is 0 Å². The van der Waals surface area contributed by atoms with Crippen molar-refractivity contribution < 1.29 is 20.1 Å². The normalized spacial score (nSPS) is 15.0. The van der Waals surface area contributed by atoms with Gasteiger partial charge in [-0.3, -0.25) is 0 Å². The molecule has 0 bridgehead atoms. The molecule has 0 spiro atoms. The summed E-state index contributed by atoms with van der Waals surface area (Å²) in [5.74, 6) is 0. The van der Waals surface area contributed by atoms with Gasteiger partial charge in [-0.2, -0.15) is 0 Å². The third-order valence-electron chi connectivity index (χ3n) is 4.06. The van der Waals surface area contributed by atoms with Gasteiger partial charge in [0.1, 0.15) is 0 Å². The molecule has 0 fully saturated rings. The first kappa shape index (κ1) is 16.8. The summed E-state index contributed by atoms with van der Waals surface area (Å²) in [6.45, 7) is 7.59. The van der Waals surface area contributed by atoms with E-state index in [1.54, 1.807) is 0 Å². The molecule has 0 saturated heterocycles. The molecule has 0 aromatic rings. The molecular weight excluding hydrogens is 220 g/mol. The van der Waals surface area contributed by atoms with Gasteiger partial charge >= 0.3 is 0 Å². The van der Waals surface area contributed by atoms with Crippen LogP contribution in [0.15, 0.2) is 0 Å². The zero-order chi connectivity index (χ0) is 13.5. The lowest BCUT2D eigenvalue weighted by atomic mass is 9.65. The van der Waals surface area contributed by atoms with E-state index in [9.17, 15) is 15.3 Å². The number of ether oxygens (including phenoxy) is 1. The summed E-state index contributed by atoms with van der Waals surface area (Å²) >= 11 is 0. The fourth-order valence-corrected chi connectivity index (χ4v) is 2.82. The van der Waals surface area contributed by atoms with E-state index >= 15 is 0 Å². The second-order valence-corrected chi connectivity index (χ2v) is 4.53. The highest BCUT2D eigenvalue weighted by atomic mass is 16.5. The average molecular weight is 248 g/mol. The lowest BCUT2D eigenvalue weighted by Gasteiger charge is -2.50. The Balaban J connectivity index is 5.49. The van der Waals surface area contributed by atoms with Gasteiger partial charge in [-0.05, 0) is 26.2 Å². The Kier molecular flexibility index (Phi) is 7.24. The van der Waals surface area contributed by atoms with Gasteiger partial charge in [0.15, 0.2) is 0 Å². The van der Waals surface area contributed by atoms with Crippen LogP contribution in [0.3, 0.4) is 0 Å². The fourth-order valence-electron chi connectivity index (χ4n) is 2.82. The molecular formula is C13H28O4. The van der Waals surface area contributed by atoms with Gasteiger partial charge in [0.25, 0.3) is 0 Å². The number of hydrogen-bond acceptors (Lipinski definition) is 4. The van der Waals surface area contributed by atoms with E-state index in [4.69, 9.17) is 4.74 Å². The molecule has 4 heteroatoms. The molecule has 0 radical (unpaired) electrons. The Morgan fingerprint density at radius 1 is 1.00 bits per heavy atom. The monoisotopic (exact) mass is 248 g/mol. The van der Waals surface area contributed by atoms with Crippen molar-refractivity contribution in [2.24, 2.45) is 5.41 Å². The molecule has 1 unspecified atom stereocenters. The summed E-state index contributed by atoms with van der Waals surface area (Å²) in [6, 6.07) is 0. The molecule has 3 N–H and O–H groups in total. The van der Waals surface area contributed by atoms with E-state index in [1.807, 2.05) is 27.7 Å². The Morgan fingerprint density at radius 2 is 1.47 bits per heavy atom. The summed E-state index contributed by atoms with van der Waals surface area (Å²) in [5, 5.41) is 29.6. The van der Waals surface area contributed by atoms with Gasteiger partial charge in [0.05, 0.1) is 30.3 Å². The Bertz CT molecular complexity index is 198. The van der Waals surface area contributed by atoms with Crippen LogP contribution in [0.5, 0.6) is 0 Å². The zero-order valence-corrected chi connectivity index (χ0v) is 11.6. The van der Waals surface area contributed by atoms with Crippen LogP contribution in [0.2, 0.25) is 0 Å². The minimum atomic E-state index is -0.999. The summed E-state index contributed by atoms with van der Waals surface area (Å²) in [4.78, 5) is 0. The maximum atomic E-state index is 10.2. The molecule has 0 rings (SSSR count). The standard InChI is InChI=1S/C13H28O4/c1-5-11(16)12(9-14,10-15)13(6-2,7-3)17-8-4/h11,14-16H,5-10H2,1-4H3. The van der Waals surface area contributed by atoms with Gasteiger partial charge in [0, 0.05) is 6.61 Å². The second kappa shape index (κ2) is 7.31. The first-order valence-corrected chi connectivity index (χ1v) is 6.57. The van der Waals surface area contributed by atoms with E-state index in [0.717, 1.165) is 0 Å². The van der Waals surface area contributed by atoms with Crippen molar-refractivity contribution in [2.75, 3.05) is 19.8 Å². The summed E-state index contributed by atoms with van der Waals surface area (Å²) in [6.07, 6.45) is 1.00. The van der Waals surface area contributed by atoms with Gasteiger partial charge < -0.3 is 20.1 Å². The fraction of sp³-hybridized carbons (Fsp3) is 1.00. The van der Waals surface area contributed by atoms with Gasteiger partial charge in [-0.1, -0.05) is 20.8 Å². The van der Waals surface area contributed by atoms with Crippen LogP contribution in [0.25, 0.3) is 0 Å². The Hall–Kier alpha value is -0.160. The topological polar surface area (TPSA) is 69.9 Å². The minimum absolute atomic E-state index is 0.278. The molecule has 0 aromatic carbocycles. The molecule has 0 saturated carbocycles.